The molecule has 1 heterocycles. The molecule has 2 rings (SSSR count). The van der Waals surface area contributed by atoms with E-state index < -0.39 is 0 Å². The van der Waals surface area contributed by atoms with Gasteiger partial charge in [0.2, 0.25) is 0 Å². The van der Waals surface area contributed by atoms with E-state index in [0.717, 1.165) is 6.42 Å². The van der Waals surface area contributed by atoms with Crippen LogP contribution in [0.15, 0.2) is 48.8 Å². The van der Waals surface area contributed by atoms with Crippen LogP contribution in [0.5, 0.6) is 5.75 Å². The van der Waals surface area contributed by atoms with E-state index in [-0.39, 0.29) is 5.78 Å². The van der Waals surface area contributed by atoms with Crippen LogP contribution in [-0.2, 0) is 0 Å². The van der Waals surface area contributed by atoms with E-state index in [9.17, 15) is 4.79 Å². The van der Waals surface area contributed by atoms with E-state index in [4.69, 9.17) is 4.74 Å². The first kappa shape index (κ1) is 12.3. The number of hydrogen-bond donors (Lipinski definition) is 0. The lowest BCUT2D eigenvalue weighted by atomic mass is 10.0. The SMILES string of the molecule is CCCOc1ccccc1C(=O)c1cccnc1. The van der Waals surface area contributed by atoms with Crippen molar-refractivity contribution in [2.45, 2.75) is 13.3 Å². The summed E-state index contributed by atoms with van der Waals surface area (Å²) in [5.41, 5.74) is 1.16. The van der Waals surface area contributed by atoms with Gasteiger partial charge in [0.25, 0.3) is 0 Å². The third kappa shape index (κ3) is 2.74. The second kappa shape index (κ2) is 5.96. The van der Waals surface area contributed by atoms with E-state index in [0.29, 0.717) is 23.5 Å². The van der Waals surface area contributed by atoms with Gasteiger partial charge in [0.1, 0.15) is 5.75 Å². The lowest BCUT2D eigenvalue weighted by Gasteiger charge is -2.09. The van der Waals surface area contributed by atoms with Crippen LogP contribution in [0.25, 0.3) is 0 Å². The molecule has 0 amide bonds. The van der Waals surface area contributed by atoms with Gasteiger partial charge in [-0.2, -0.15) is 0 Å². The molecule has 0 aliphatic rings. The molecule has 1 aromatic heterocycles. The summed E-state index contributed by atoms with van der Waals surface area (Å²) < 4.78 is 5.59. The molecule has 0 aliphatic heterocycles. The molecular weight excluding hydrogens is 226 g/mol. The lowest BCUT2D eigenvalue weighted by molar-refractivity contribution is 0.103. The summed E-state index contributed by atoms with van der Waals surface area (Å²) >= 11 is 0. The van der Waals surface area contributed by atoms with Crippen molar-refractivity contribution in [1.29, 1.82) is 0 Å². The largest absolute Gasteiger partial charge is 0.493 e. The fraction of sp³-hybridized carbons (Fsp3) is 0.200. The van der Waals surface area contributed by atoms with Gasteiger partial charge in [0, 0.05) is 18.0 Å². The van der Waals surface area contributed by atoms with Crippen molar-refractivity contribution in [2.24, 2.45) is 0 Å². The molecule has 3 heteroatoms. The van der Waals surface area contributed by atoms with Crippen LogP contribution < -0.4 is 4.74 Å². The number of nitrogens with zero attached hydrogens (tertiary/aromatic N) is 1. The first-order valence-corrected chi connectivity index (χ1v) is 5.99. The predicted molar refractivity (Wildman–Crippen MR) is 69.9 cm³/mol. The highest BCUT2D eigenvalue weighted by Gasteiger charge is 2.13. The number of carbonyl (C=O) groups is 1. The molecular formula is C15H15NO2. The Morgan fingerprint density at radius 3 is 2.78 bits per heavy atom. The maximum absolute atomic E-state index is 12.3. The van der Waals surface area contributed by atoms with Crippen LogP contribution in [0.2, 0.25) is 0 Å². The third-order valence-corrected chi connectivity index (χ3v) is 2.52. The number of benzene rings is 1. The molecule has 0 aliphatic carbocycles. The second-order valence-electron chi connectivity index (χ2n) is 3.92. The van der Waals surface area contributed by atoms with Gasteiger partial charge in [0.05, 0.1) is 12.2 Å². The van der Waals surface area contributed by atoms with Crippen LogP contribution in [0, 0.1) is 0 Å². The van der Waals surface area contributed by atoms with Gasteiger partial charge in [-0.15, -0.1) is 0 Å². The topological polar surface area (TPSA) is 39.2 Å². The molecule has 0 radical (unpaired) electrons. The standard InChI is InChI=1S/C15H15NO2/c1-2-10-18-14-8-4-3-7-13(14)15(17)12-6-5-9-16-11-12/h3-9,11H,2,10H2,1H3. The minimum absolute atomic E-state index is 0.0604. The summed E-state index contributed by atoms with van der Waals surface area (Å²) in [7, 11) is 0. The summed E-state index contributed by atoms with van der Waals surface area (Å²) in [6, 6.07) is 10.8. The smallest absolute Gasteiger partial charge is 0.198 e. The first-order chi connectivity index (χ1) is 8.83. The molecule has 0 atom stereocenters. The maximum atomic E-state index is 12.3. The average molecular weight is 241 g/mol. The van der Waals surface area contributed by atoms with Crippen molar-refractivity contribution in [3.05, 3.63) is 59.9 Å². The molecule has 1 aromatic carbocycles. The summed E-state index contributed by atoms with van der Waals surface area (Å²) in [5, 5.41) is 0. The number of ketones is 1. The van der Waals surface area contributed by atoms with Gasteiger partial charge in [0.15, 0.2) is 5.78 Å². The van der Waals surface area contributed by atoms with Crippen LogP contribution in [0.4, 0.5) is 0 Å². The normalized spacial score (nSPS) is 10.1. The van der Waals surface area contributed by atoms with Crippen LogP contribution in [-0.4, -0.2) is 17.4 Å². The first-order valence-electron chi connectivity index (χ1n) is 5.99. The predicted octanol–water partition coefficient (Wildman–Crippen LogP) is 3.10. The van der Waals surface area contributed by atoms with Crippen LogP contribution in [0.1, 0.15) is 29.3 Å². The Hall–Kier alpha value is -2.16. The van der Waals surface area contributed by atoms with Crippen molar-refractivity contribution < 1.29 is 9.53 Å². The van der Waals surface area contributed by atoms with Crippen LogP contribution in [0.3, 0.4) is 0 Å². The molecule has 92 valence electrons. The van der Waals surface area contributed by atoms with Gasteiger partial charge in [-0.1, -0.05) is 19.1 Å². The number of carbonyl (C=O) groups excluding carboxylic acids is 1. The number of ether oxygens (including phenoxy) is 1. The van der Waals surface area contributed by atoms with E-state index in [1.54, 1.807) is 30.6 Å². The van der Waals surface area contributed by atoms with Gasteiger partial charge < -0.3 is 4.74 Å². The van der Waals surface area contributed by atoms with Gasteiger partial charge >= 0.3 is 0 Å². The van der Waals surface area contributed by atoms with Gasteiger partial charge in [-0.05, 0) is 30.7 Å². The van der Waals surface area contributed by atoms with E-state index >= 15 is 0 Å². The van der Waals surface area contributed by atoms with E-state index in [2.05, 4.69) is 4.98 Å². The number of pyridine rings is 1. The lowest BCUT2D eigenvalue weighted by Crippen LogP contribution is -2.06. The Labute approximate surface area is 106 Å². The molecule has 0 fully saturated rings. The third-order valence-electron chi connectivity index (χ3n) is 2.52. The van der Waals surface area contributed by atoms with Crippen LogP contribution >= 0.6 is 0 Å². The number of rotatable bonds is 5. The molecule has 0 N–H and O–H groups in total. The molecule has 18 heavy (non-hydrogen) atoms. The fourth-order valence-electron chi connectivity index (χ4n) is 1.64. The zero-order valence-electron chi connectivity index (χ0n) is 10.3. The zero-order chi connectivity index (χ0) is 12.8. The average Bonchev–Trinajstić information content (AvgIpc) is 2.45. The van der Waals surface area contributed by atoms with E-state index in [1.807, 2.05) is 25.1 Å². The Morgan fingerprint density at radius 2 is 2.06 bits per heavy atom. The number of hydrogen-bond acceptors (Lipinski definition) is 3. The van der Waals surface area contributed by atoms with E-state index in [1.165, 1.54) is 0 Å². The van der Waals surface area contributed by atoms with Crippen molar-refractivity contribution in [3.63, 3.8) is 0 Å². The van der Waals surface area contributed by atoms with Gasteiger partial charge in [-0.25, -0.2) is 0 Å². The number of aromatic nitrogens is 1. The minimum Gasteiger partial charge on any atom is -0.493 e. The zero-order valence-corrected chi connectivity index (χ0v) is 10.3. The number of para-hydroxylation sites is 1. The highest BCUT2D eigenvalue weighted by molar-refractivity contribution is 6.10. The molecule has 0 saturated carbocycles. The fourth-order valence-corrected chi connectivity index (χ4v) is 1.64. The minimum atomic E-state index is -0.0604. The second-order valence-corrected chi connectivity index (χ2v) is 3.92. The Bertz CT molecular complexity index is 523. The van der Waals surface area contributed by atoms with Crippen molar-refractivity contribution in [2.75, 3.05) is 6.61 Å². The van der Waals surface area contributed by atoms with Crippen molar-refractivity contribution in [3.8, 4) is 5.75 Å². The molecule has 0 unspecified atom stereocenters. The molecule has 2 aromatic rings. The monoisotopic (exact) mass is 241 g/mol. The highest BCUT2D eigenvalue weighted by atomic mass is 16.5. The quantitative estimate of drug-likeness (QED) is 0.755. The molecule has 3 nitrogen and oxygen atoms in total. The summed E-state index contributed by atoms with van der Waals surface area (Å²) in [5.74, 6) is 0.572. The Balaban J connectivity index is 2.30. The Kier molecular flexibility index (Phi) is 4.07. The summed E-state index contributed by atoms with van der Waals surface area (Å²) in [6.45, 7) is 2.64. The molecule has 0 spiro atoms. The summed E-state index contributed by atoms with van der Waals surface area (Å²) in [6.07, 6.45) is 4.13. The summed E-state index contributed by atoms with van der Waals surface area (Å²) in [4.78, 5) is 16.3. The maximum Gasteiger partial charge on any atom is 0.198 e. The van der Waals surface area contributed by atoms with Crippen molar-refractivity contribution >= 4 is 5.78 Å². The Morgan fingerprint density at radius 1 is 1.22 bits per heavy atom. The molecule has 0 saturated heterocycles. The highest BCUT2D eigenvalue weighted by Crippen LogP contribution is 2.21. The van der Waals surface area contributed by atoms with Gasteiger partial charge in [-0.3, -0.25) is 9.78 Å². The molecule has 0 bridgehead atoms. The van der Waals surface area contributed by atoms with Crippen molar-refractivity contribution in [1.82, 2.24) is 4.98 Å².